The second-order valence-corrected chi connectivity index (χ2v) is 6.77. The molecule has 1 aliphatic rings. The van der Waals surface area contributed by atoms with Gasteiger partial charge in [0.15, 0.2) is 0 Å². The molecule has 138 valence electrons. The van der Waals surface area contributed by atoms with Crippen LogP contribution in [0, 0.1) is 0 Å². The normalized spacial score (nSPS) is 16.0. The Labute approximate surface area is 155 Å². The number of likely N-dealkylation sites (N-methyl/N-ethyl adjacent to an activating group) is 1. The largest absolute Gasteiger partial charge is 0.461 e. The Kier molecular flexibility index (Phi) is 5.78. The number of hydrogen-bond donors (Lipinski definition) is 1. The standard InChI is InChI=1S/C21H27N3O2/c1-4-19-9-10-20(26-19)16(2)15-21(25)22-17-5-7-18(8-6-17)24-13-11-23(3)12-14-24/h5-10,15H,4,11-14H2,1-3H3,(H,22,25). The van der Waals surface area contributed by atoms with Crippen LogP contribution >= 0.6 is 0 Å². The summed E-state index contributed by atoms with van der Waals surface area (Å²) in [6, 6.07) is 11.9. The molecule has 0 spiro atoms. The maximum Gasteiger partial charge on any atom is 0.248 e. The van der Waals surface area contributed by atoms with Crippen molar-refractivity contribution < 1.29 is 9.21 Å². The van der Waals surface area contributed by atoms with E-state index in [4.69, 9.17) is 4.42 Å². The Balaban J connectivity index is 1.59. The highest BCUT2D eigenvalue weighted by Gasteiger charge is 2.14. The zero-order valence-corrected chi connectivity index (χ0v) is 15.8. The molecule has 1 fully saturated rings. The number of rotatable bonds is 5. The van der Waals surface area contributed by atoms with E-state index in [2.05, 4.69) is 34.3 Å². The number of anilines is 2. The fourth-order valence-corrected chi connectivity index (χ4v) is 3.05. The number of hydrogen-bond acceptors (Lipinski definition) is 4. The number of piperazine rings is 1. The van der Waals surface area contributed by atoms with Crippen molar-refractivity contribution in [3.63, 3.8) is 0 Å². The Morgan fingerprint density at radius 1 is 1.12 bits per heavy atom. The lowest BCUT2D eigenvalue weighted by molar-refractivity contribution is -0.111. The van der Waals surface area contributed by atoms with Gasteiger partial charge in [0.05, 0.1) is 0 Å². The maximum absolute atomic E-state index is 12.3. The molecule has 0 radical (unpaired) electrons. The van der Waals surface area contributed by atoms with Crippen molar-refractivity contribution in [1.82, 2.24) is 4.90 Å². The fraction of sp³-hybridized carbons (Fsp3) is 0.381. The van der Waals surface area contributed by atoms with Crippen LogP contribution in [0.3, 0.4) is 0 Å². The van der Waals surface area contributed by atoms with Crippen molar-refractivity contribution in [3.05, 3.63) is 54.0 Å². The first-order chi connectivity index (χ1) is 12.5. The topological polar surface area (TPSA) is 48.7 Å². The Hall–Kier alpha value is -2.53. The number of nitrogens with zero attached hydrogens (tertiary/aromatic N) is 2. The minimum atomic E-state index is -0.149. The number of nitrogens with one attached hydrogen (secondary N) is 1. The van der Waals surface area contributed by atoms with Gasteiger partial charge in [0.1, 0.15) is 11.5 Å². The summed E-state index contributed by atoms with van der Waals surface area (Å²) in [5, 5.41) is 2.92. The minimum Gasteiger partial charge on any atom is -0.461 e. The van der Waals surface area contributed by atoms with E-state index in [0.29, 0.717) is 0 Å². The molecule has 0 unspecified atom stereocenters. The van der Waals surface area contributed by atoms with Gasteiger partial charge in [-0.1, -0.05) is 6.92 Å². The SMILES string of the molecule is CCc1ccc(C(C)=CC(=O)Nc2ccc(N3CCN(C)CC3)cc2)o1. The van der Waals surface area contributed by atoms with Crippen LogP contribution in [-0.2, 0) is 11.2 Å². The van der Waals surface area contributed by atoms with Crippen LogP contribution in [0.1, 0.15) is 25.4 Å². The lowest BCUT2D eigenvalue weighted by Gasteiger charge is -2.34. The first-order valence-electron chi connectivity index (χ1n) is 9.17. The third kappa shape index (κ3) is 4.55. The van der Waals surface area contributed by atoms with Gasteiger partial charge in [0, 0.05) is 50.1 Å². The molecule has 0 saturated carbocycles. The summed E-state index contributed by atoms with van der Waals surface area (Å²) in [6.45, 7) is 8.15. The van der Waals surface area contributed by atoms with Gasteiger partial charge in [-0.05, 0) is 55.9 Å². The molecule has 1 saturated heterocycles. The second kappa shape index (κ2) is 8.23. The lowest BCUT2D eigenvalue weighted by atomic mass is 10.2. The van der Waals surface area contributed by atoms with Crippen molar-refractivity contribution in [2.24, 2.45) is 0 Å². The summed E-state index contributed by atoms with van der Waals surface area (Å²) in [5.41, 5.74) is 2.81. The summed E-state index contributed by atoms with van der Waals surface area (Å²) < 4.78 is 5.68. The summed E-state index contributed by atoms with van der Waals surface area (Å²) in [6.07, 6.45) is 2.42. The summed E-state index contributed by atoms with van der Waals surface area (Å²) in [7, 11) is 2.15. The molecule has 2 heterocycles. The van der Waals surface area contributed by atoms with Gasteiger partial charge in [-0.15, -0.1) is 0 Å². The van der Waals surface area contributed by atoms with Crippen molar-refractivity contribution >= 4 is 22.9 Å². The number of benzene rings is 1. The van der Waals surface area contributed by atoms with Crippen LogP contribution in [0.2, 0.25) is 0 Å². The number of amides is 1. The Morgan fingerprint density at radius 2 is 1.81 bits per heavy atom. The molecule has 5 heteroatoms. The number of carbonyl (C=O) groups is 1. The van der Waals surface area contributed by atoms with E-state index in [1.165, 1.54) is 5.69 Å². The summed E-state index contributed by atoms with van der Waals surface area (Å²) in [5.74, 6) is 1.51. The summed E-state index contributed by atoms with van der Waals surface area (Å²) >= 11 is 0. The lowest BCUT2D eigenvalue weighted by Crippen LogP contribution is -2.44. The average molecular weight is 353 g/mol. The van der Waals surface area contributed by atoms with E-state index in [-0.39, 0.29) is 5.91 Å². The Bertz CT molecular complexity index is 769. The monoisotopic (exact) mass is 353 g/mol. The van der Waals surface area contributed by atoms with Gasteiger partial charge in [-0.25, -0.2) is 0 Å². The van der Waals surface area contributed by atoms with Crippen LogP contribution in [0.5, 0.6) is 0 Å². The highest BCUT2D eigenvalue weighted by Crippen LogP contribution is 2.20. The zero-order chi connectivity index (χ0) is 18.5. The quantitative estimate of drug-likeness (QED) is 0.834. The van der Waals surface area contributed by atoms with Crippen molar-refractivity contribution in [3.8, 4) is 0 Å². The number of allylic oxidation sites excluding steroid dienone is 1. The van der Waals surface area contributed by atoms with Crippen molar-refractivity contribution in [1.29, 1.82) is 0 Å². The molecule has 1 amide bonds. The van der Waals surface area contributed by atoms with E-state index in [1.807, 2.05) is 38.1 Å². The van der Waals surface area contributed by atoms with Crippen LogP contribution in [-0.4, -0.2) is 44.0 Å². The summed E-state index contributed by atoms with van der Waals surface area (Å²) in [4.78, 5) is 17.0. The van der Waals surface area contributed by atoms with Gasteiger partial charge in [0.2, 0.25) is 5.91 Å². The highest BCUT2D eigenvalue weighted by atomic mass is 16.3. The molecule has 0 atom stereocenters. The van der Waals surface area contributed by atoms with Gasteiger partial charge in [-0.3, -0.25) is 4.79 Å². The molecule has 26 heavy (non-hydrogen) atoms. The molecule has 1 aliphatic heterocycles. The molecule has 1 aromatic carbocycles. The molecule has 0 aliphatic carbocycles. The van der Waals surface area contributed by atoms with Crippen LogP contribution in [0.15, 0.2) is 46.9 Å². The van der Waals surface area contributed by atoms with Crippen LogP contribution < -0.4 is 10.2 Å². The maximum atomic E-state index is 12.3. The molecule has 3 rings (SSSR count). The first kappa shape index (κ1) is 18.3. The first-order valence-corrected chi connectivity index (χ1v) is 9.17. The third-order valence-corrected chi connectivity index (χ3v) is 4.75. The van der Waals surface area contributed by atoms with Gasteiger partial charge in [-0.2, -0.15) is 0 Å². The van der Waals surface area contributed by atoms with Gasteiger partial charge in [0.25, 0.3) is 0 Å². The highest BCUT2D eigenvalue weighted by molar-refractivity contribution is 6.03. The number of furan rings is 1. The molecular formula is C21H27N3O2. The smallest absolute Gasteiger partial charge is 0.248 e. The third-order valence-electron chi connectivity index (χ3n) is 4.75. The molecule has 2 aromatic rings. The molecular weight excluding hydrogens is 326 g/mol. The fourth-order valence-electron chi connectivity index (χ4n) is 3.05. The molecule has 5 nitrogen and oxygen atoms in total. The second-order valence-electron chi connectivity index (χ2n) is 6.77. The van der Waals surface area contributed by atoms with E-state index < -0.39 is 0 Å². The van der Waals surface area contributed by atoms with Gasteiger partial charge >= 0.3 is 0 Å². The van der Waals surface area contributed by atoms with Gasteiger partial charge < -0.3 is 19.5 Å². The molecule has 0 bridgehead atoms. The average Bonchev–Trinajstić information content (AvgIpc) is 3.12. The molecule has 1 N–H and O–H groups in total. The molecule has 1 aromatic heterocycles. The van der Waals surface area contributed by atoms with E-state index in [1.54, 1.807) is 6.08 Å². The van der Waals surface area contributed by atoms with Crippen molar-refractivity contribution in [2.75, 3.05) is 43.4 Å². The van der Waals surface area contributed by atoms with Crippen molar-refractivity contribution in [2.45, 2.75) is 20.3 Å². The predicted octanol–water partition coefficient (Wildman–Crippen LogP) is 3.64. The predicted molar refractivity (Wildman–Crippen MR) is 107 cm³/mol. The van der Waals surface area contributed by atoms with E-state index in [0.717, 1.165) is 55.4 Å². The number of aryl methyl sites for hydroxylation is 1. The van der Waals surface area contributed by atoms with E-state index >= 15 is 0 Å². The van der Waals surface area contributed by atoms with E-state index in [9.17, 15) is 4.79 Å². The Morgan fingerprint density at radius 3 is 2.42 bits per heavy atom. The number of carbonyl (C=O) groups excluding carboxylic acids is 1. The van der Waals surface area contributed by atoms with Crippen LogP contribution in [0.4, 0.5) is 11.4 Å². The minimum absolute atomic E-state index is 0.149. The zero-order valence-electron chi connectivity index (χ0n) is 15.8. The van der Waals surface area contributed by atoms with Crippen LogP contribution in [0.25, 0.3) is 5.57 Å².